The fourth-order valence-electron chi connectivity index (χ4n) is 1.78. The van der Waals surface area contributed by atoms with Gasteiger partial charge >= 0.3 is 0 Å². The molecule has 0 saturated heterocycles. The SMILES string of the molecule is CCCc1c(Cl)ncnc1-c1ccc(Cl)cc1Cl. The fourth-order valence-corrected chi connectivity index (χ4v) is 2.50. The summed E-state index contributed by atoms with van der Waals surface area (Å²) in [6.07, 6.45) is 3.22. The summed E-state index contributed by atoms with van der Waals surface area (Å²) in [5.41, 5.74) is 2.53. The molecule has 0 radical (unpaired) electrons. The van der Waals surface area contributed by atoms with Gasteiger partial charge in [0.15, 0.2) is 0 Å². The van der Waals surface area contributed by atoms with Crippen LogP contribution in [0.4, 0.5) is 0 Å². The second-order valence-corrected chi connectivity index (χ2v) is 5.07. The Labute approximate surface area is 121 Å². The molecule has 2 rings (SSSR count). The molecule has 0 aliphatic heterocycles. The summed E-state index contributed by atoms with van der Waals surface area (Å²) in [6.45, 7) is 2.08. The van der Waals surface area contributed by atoms with Gasteiger partial charge in [-0.2, -0.15) is 0 Å². The maximum absolute atomic E-state index is 6.20. The van der Waals surface area contributed by atoms with Crippen LogP contribution in [0.1, 0.15) is 18.9 Å². The summed E-state index contributed by atoms with van der Waals surface area (Å²) in [6, 6.07) is 5.33. The lowest BCUT2D eigenvalue weighted by Gasteiger charge is -2.10. The summed E-state index contributed by atoms with van der Waals surface area (Å²) in [4.78, 5) is 8.31. The maximum atomic E-state index is 6.20. The van der Waals surface area contributed by atoms with Crippen molar-refractivity contribution in [3.8, 4) is 11.3 Å². The van der Waals surface area contributed by atoms with Crippen molar-refractivity contribution in [2.24, 2.45) is 0 Å². The third-order valence-electron chi connectivity index (χ3n) is 2.58. The second-order valence-electron chi connectivity index (χ2n) is 3.87. The fraction of sp³-hybridized carbons (Fsp3) is 0.231. The zero-order chi connectivity index (χ0) is 13.1. The van der Waals surface area contributed by atoms with Crippen molar-refractivity contribution in [2.75, 3.05) is 0 Å². The van der Waals surface area contributed by atoms with Crippen LogP contribution in [0.25, 0.3) is 11.3 Å². The molecule has 5 heteroatoms. The summed E-state index contributed by atoms with van der Waals surface area (Å²) in [5, 5.41) is 1.64. The van der Waals surface area contributed by atoms with Crippen LogP contribution in [0.3, 0.4) is 0 Å². The average Bonchev–Trinajstić information content (AvgIpc) is 2.32. The van der Waals surface area contributed by atoms with Gasteiger partial charge in [0.05, 0.1) is 10.7 Å². The van der Waals surface area contributed by atoms with Gasteiger partial charge in [-0.1, -0.05) is 48.1 Å². The smallest absolute Gasteiger partial charge is 0.136 e. The van der Waals surface area contributed by atoms with Crippen LogP contribution in [0.15, 0.2) is 24.5 Å². The Balaban J connectivity index is 2.59. The van der Waals surface area contributed by atoms with E-state index in [0.29, 0.717) is 15.2 Å². The van der Waals surface area contributed by atoms with Crippen LogP contribution in [0.5, 0.6) is 0 Å². The minimum atomic E-state index is 0.480. The monoisotopic (exact) mass is 300 g/mol. The number of benzene rings is 1. The first kappa shape index (κ1) is 13.6. The molecule has 2 aromatic rings. The van der Waals surface area contributed by atoms with Crippen LogP contribution in [0, 0.1) is 0 Å². The number of rotatable bonds is 3. The molecule has 1 heterocycles. The Kier molecular flexibility index (Phi) is 4.44. The van der Waals surface area contributed by atoms with E-state index in [-0.39, 0.29) is 0 Å². The van der Waals surface area contributed by atoms with Crippen molar-refractivity contribution >= 4 is 34.8 Å². The highest BCUT2D eigenvalue weighted by molar-refractivity contribution is 6.36. The molecular formula is C13H11Cl3N2. The number of nitrogens with zero attached hydrogens (tertiary/aromatic N) is 2. The van der Waals surface area contributed by atoms with Gasteiger partial charge in [-0.15, -0.1) is 0 Å². The third-order valence-corrected chi connectivity index (χ3v) is 3.45. The maximum Gasteiger partial charge on any atom is 0.136 e. The van der Waals surface area contributed by atoms with Gasteiger partial charge in [-0.3, -0.25) is 0 Å². The first-order valence-electron chi connectivity index (χ1n) is 5.58. The molecule has 0 atom stereocenters. The number of aromatic nitrogens is 2. The third kappa shape index (κ3) is 2.77. The Bertz CT molecular complexity index is 570. The first-order valence-corrected chi connectivity index (χ1v) is 6.71. The quantitative estimate of drug-likeness (QED) is 0.741. The van der Waals surface area contributed by atoms with Gasteiger partial charge in [-0.25, -0.2) is 9.97 Å². The molecular weight excluding hydrogens is 291 g/mol. The molecule has 0 unspecified atom stereocenters. The Morgan fingerprint density at radius 3 is 2.56 bits per heavy atom. The minimum absolute atomic E-state index is 0.480. The molecule has 2 nitrogen and oxygen atoms in total. The van der Waals surface area contributed by atoms with Crippen LogP contribution in [-0.2, 0) is 6.42 Å². The van der Waals surface area contributed by atoms with E-state index >= 15 is 0 Å². The Morgan fingerprint density at radius 1 is 1.11 bits per heavy atom. The predicted molar refractivity (Wildman–Crippen MR) is 76.5 cm³/mol. The molecule has 94 valence electrons. The predicted octanol–water partition coefficient (Wildman–Crippen LogP) is 5.06. The van der Waals surface area contributed by atoms with Crippen molar-refractivity contribution in [1.82, 2.24) is 9.97 Å². The molecule has 1 aromatic heterocycles. The molecule has 0 aliphatic carbocycles. The van der Waals surface area contributed by atoms with E-state index in [2.05, 4.69) is 16.9 Å². The van der Waals surface area contributed by atoms with Crippen molar-refractivity contribution in [2.45, 2.75) is 19.8 Å². The van der Waals surface area contributed by atoms with Gasteiger partial charge in [0.1, 0.15) is 11.5 Å². The first-order chi connectivity index (χ1) is 8.63. The van der Waals surface area contributed by atoms with E-state index in [4.69, 9.17) is 34.8 Å². The topological polar surface area (TPSA) is 25.8 Å². The largest absolute Gasteiger partial charge is 0.236 e. The van der Waals surface area contributed by atoms with Crippen LogP contribution in [0.2, 0.25) is 15.2 Å². The highest BCUT2D eigenvalue weighted by atomic mass is 35.5. The average molecular weight is 302 g/mol. The molecule has 0 bridgehead atoms. The van der Waals surface area contributed by atoms with Crippen molar-refractivity contribution in [1.29, 1.82) is 0 Å². The molecule has 0 aliphatic rings. The lowest BCUT2D eigenvalue weighted by molar-refractivity contribution is 0.904. The molecule has 0 spiro atoms. The van der Waals surface area contributed by atoms with Crippen molar-refractivity contribution in [3.05, 3.63) is 45.3 Å². The molecule has 18 heavy (non-hydrogen) atoms. The molecule has 0 fully saturated rings. The summed E-state index contributed by atoms with van der Waals surface area (Å²) in [7, 11) is 0. The van der Waals surface area contributed by atoms with Gasteiger partial charge in [0.2, 0.25) is 0 Å². The normalized spacial score (nSPS) is 10.7. The van der Waals surface area contributed by atoms with Gasteiger partial charge in [-0.05, 0) is 24.6 Å². The van der Waals surface area contributed by atoms with Gasteiger partial charge < -0.3 is 0 Å². The van der Waals surface area contributed by atoms with E-state index in [0.717, 1.165) is 29.7 Å². The van der Waals surface area contributed by atoms with Crippen molar-refractivity contribution < 1.29 is 0 Å². The lowest BCUT2D eigenvalue weighted by atomic mass is 10.0. The van der Waals surface area contributed by atoms with Crippen molar-refractivity contribution in [3.63, 3.8) is 0 Å². The number of halogens is 3. The van der Waals surface area contributed by atoms with E-state index in [1.807, 2.05) is 6.07 Å². The molecule has 0 saturated carbocycles. The highest BCUT2D eigenvalue weighted by Gasteiger charge is 2.13. The zero-order valence-electron chi connectivity index (χ0n) is 9.75. The summed E-state index contributed by atoms with van der Waals surface area (Å²) in [5.74, 6) is 0. The van der Waals surface area contributed by atoms with E-state index < -0.39 is 0 Å². The Hall–Kier alpha value is -0.830. The highest BCUT2D eigenvalue weighted by Crippen LogP contribution is 2.33. The van der Waals surface area contributed by atoms with Gasteiger partial charge in [0, 0.05) is 16.1 Å². The van der Waals surface area contributed by atoms with Crippen LogP contribution < -0.4 is 0 Å². The van der Waals surface area contributed by atoms with E-state index in [9.17, 15) is 0 Å². The second kappa shape index (κ2) is 5.87. The minimum Gasteiger partial charge on any atom is -0.236 e. The van der Waals surface area contributed by atoms with Crippen LogP contribution >= 0.6 is 34.8 Å². The molecule has 0 N–H and O–H groups in total. The zero-order valence-corrected chi connectivity index (χ0v) is 12.0. The van der Waals surface area contributed by atoms with Gasteiger partial charge in [0.25, 0.3) is 0 Å². The Morgan fingerprint density at radius 2 is 1.89 bits per heavy atom. The van der Waals surface area contributed by atoms with E-state index in [1.165, 1.54) is 6.33 Å². The number of hydrogen-bond acceptors (Lipinski definition) is 2. The molecule has 0 amide bonds. The summed E-state index contributed by atoms with van der Waals surface area (Å²) >= 11 is 18.2. The summed E-state index contributed by atoms with van der Waals surface area (Å²) < 4.78 is 0. The van der Waals surface area contributed by atoms with Crippen LogP contribution in [-0.4, -0.2) is 9.97 Å². The lowest BCUT2D eigenvalue weighted by Crippen LogP contribution is -1.97. The van der Waals surface area contributed by atoms with E-state index in [1.54, 1.807) is 12.1 Å². The number of hydrogen-bond donors (Lipinski definition) is 0. The standard InChI is InChI=1S/C13H11Cl3N2/c1-2-3-10-12(17-7-18-13(10)16)9-5-4-8(14)6-11(9)15/h4-7H,2-3H2,1H3. The molecule has 1 aromatic carbocycles.